The first-order chi connectivity index (χ1) is 14.2. The fourth-order valence-corrected chi connectivity index (χ4v) is 3.38. The number of nitrogens with one attached hydrogen (secondary N) is 1. The van der Waals surface area contributed by atoms with E-state index in [0.717, 1.165) is 17.8 Å². The topological polar surface area (TPSA) is 77.6 Å². The molecule has 2 aromatic heterocycles. The largest absolute Gasteiger partial charge is 0.321 e. The number of fused-ring (bicyclic) bond motifs is 1. The van der Waals surface area contributed by atoms with Crippen molar-refractivity contribution in [1.82, 2.24) is 24.8 Å². The Morgan fingerprint density at radius 3 is 2.70 bits per heavy atom. The molecular formula is C22H25BrN6O. The Morgan fingerprint density at radius 1 is 1.30 bits per heavy atom. The van der Waals surface area contributed by atoms with Crippen LogP contribution in [0.15, 0.2) is 65.4 Å². The van der Waals surface area contributed by atoms with Crippen LogP contribution in [0.2, 0.25) is 0 Å². The summed E-state index contributed by atoms with van der Waals surface area (Å²) in [5, 5.41) is 15.6. The zero-order valence-corrected chi connectivity index (χ0v) is 19.1. The molecule has 7 nitrogen and oxygen atoms in total. The van der Waals surface area contributed by atoms with Crippen LogP contribution < -0.4 is 5.32 Å². The van der Waals surface area contributed by atoms with E-state index in [-0.39, 0.29) is 11.3 Å². The van der Waals surface area contributed by atoms with Crippen LogP contribution in [0.4, 0.5) is 5.69 Å². The molecule has 0 aliphatic carbocycles. The van der Waals surface area contributed by atoms with Crippen LogP contribution in [0.1, 0.15) is 27.7 Å². The number of allylic oxidation sites excluding steroid dienone is 3. The van der Waals surface area contributed by atoms with Crippen molar-refractivity contribution >= 4 is 44.3 Å². The quantitative estimate of drug-likeness (QED) is 0.405. The number of aromatic nitrogens is 5. The molecule has 30 heavy (non-hydrogen) atoms. The molecule has 1 amide bonds. The molecule has 156 valence electrons. The van der Waals surface area contributed by atoms with Gasteiger partial charge < -0.3 is 5.32 Å². The molecule has 0 saturated heterocycles. The summed E-state index contributed by atoms with van der Waals surface area (Å²) < 4.78 is 4.30. The summed E-state index contributed by atoms with van der Waals surface area (Å²) in [6, 6.07) is 5.60. The summed E-state index contributed by atoms with van der Waals surface area (Å²) in [5.41, 5.74) is 3.62. The summed E-state index contributed by atoms with van der Waals surface area (Å²) in [6.07, 6.45) is 8.60. The minimum absolute atomic E-state index is 0.0749. The lowest BCUT2D eigenvalue weighted by Gasteiger charge is -2.18. The van der Waals surface area contributed by atoms with Gasteiger partial charge in [-0.05, 0) is 58.6 Å². The van der Waals surface area contributed by atoms with Gasteiger partial charge >= 0.3 is 0 Å². The first-order valence-corrected chi connectivity index (χ1v) is 10.3. The van der Waals surface area contributed by atoms with Crippen molar-refractivity contribution in [1.29, 1.82) is 0 Å². The first kappa shape index (κ1) is 21.7. The number of anilines is 1. The third-order valence-electron chi connectivity index (χ3n) is 4.35. The van der Waals surface area contributed by atoms with E-state index >= 15 is 0 Å². The highest BCUT2D eigenvalue weighted by atomic mass is 79.9. The normalized spacial score (nSPS) is 13.0. The Bertz CT molecular complexity index is 1130. The SMILES string of the molecule is C=CC(=CC=C(C)n1cccn1)C(=O)Nc1ccc2c(nnn2CC(C)(C)C)c1Br. The maximum absolute atomic E-state index is 12.8. The highest BCUT2D eigenvalue weighted by Gasteiger charge is 2.18. The van der Waals surface area contributed by atoms with E-state index in [9.17, 15) is 4.79 Å². The highest BCUT2D eigenvalue weighted by molar-refractivity contribution is 9.10. The molecular weight excluding hydrogens is 444 g/mol. The Hall–Kier alpha value is -3.00. The van der Waals surface area contributed by atoms with E-state index in [1.165, 1.54) is 6.08 Å². The lowest BCUT2D eigenvalue weighted by atomic mass is 9.97. The van der Waals surface area contributed by atoms with E-state index in [0.29, 0.717) is 21.2 Å². The molecule has 0 aliphatic rings. The molecule has 1 aromatic carbocycles. The average molecular weight is 469 g/mol. The number of carbonyl (C=O) groups excluding carboxylic acids is 1. The van der Waals surface area contributed by atoms with Gasteiger partial charge in [-0.15, -0.1) is 5.10 Å². The van der Waals surface area contributed by atoms with E-state index in [2.05, 4.69) is 64.0 Å². The average Bonchev–Trinajstić information content (AvgIpc) is 3.34. The molecule has 0 spiro atoms. The second-order valence-electron chi connectivity index (χ2n) is 8.14. The van der Waals surface area contributed by atoms with E-state index < -0.39 is 0 Å². The number of benzene rings is 1. The Balaban J connectivity index is 1.83. The summed E-state index contributed by atoms with van der Waals surface area (Å²) in [6.45, 7) is 12.9. The van der Waals surface area contributed by atoms with Gasteiger partial charge in [0.05, 0.1) is 15.7 Å². The molecule has 3 rings (SSSR count). The maximum atomic E-state index is 12.8. The van der Waals surface area contributed by atoms with E-state index in [1.807, 2.05) is 42.1 Å². The molecule has 0 fully saturated rings. The molecule has 0 radical (unpaired) electrons. The third kappa shape index (κ3) is 4.94. The van der Waals surface area contributed by atoms with Crippen LogP contribution in [0.3, 0.4) is 0 Å². The molecule has 1 N–H and O–H groups in total. The Labute approximate surface area is 184 Å². The molecule has 8 heteroatoms. The summed E-state index contributed by atoms with van der Waals surface area (Å²) in [7, 11) is 0. The number of rotatable bonds is 6. The predicted molar refractivity (Wildman–Crippen MR) is 124 cm³/mol. The van der Waals surface area contributed by atoms with E-state index in [4.69, 9.17) is 0 Å². The summed E-state index contributed by atoms with van der Waals surface area (Å²) in [4.78, 5) is 12.8. The molecule has 2 heterocycles. The fraction of sp³-hybridized carbons (Fsp3) is 0.273. The van der Waals surface area contributed by atoms with Crippen LogP contribution in [-0.2, 0) is 11.3 Å². The standard InChI is InChI=1S/C22H25BrN6O/c1-6-16(9-8-15(2)28-13-7-12-24-28)21(30)25-17-10-11-18-20(19(17)23)26-27-29(18)14-22(3,4)5/h6-13H,1,14H2,2-5H3,(H,25,30). The van der Waals surface area contributed by atoms with Crippen molar-refractivity contribution < 1.29 is 4.79 Å². The lowest BCUT2D eigenvalue weighted by molar-refractivity contribution is -0.112. The fourth-order valence-electron chi connectivity index (χ4n) is 2.86. The molecule has 0 bridgehead atoms. The van der Waals surface area contributed by atoms with Gasteiger partial charge in [0.2, 0.25) is 0 Å². The van der Waals surface area contributed by atoms with Crippen molar-refractivity contribution in [3.8, 4) is 0 Å². The van der Waals surface area contributed by atoms with Crippen molar-refractivity contribution in [3.63, 3.8) is 0 Å². The Kier molecular flexibility index (Phi) is 6.36. The van der Waals surface area contributed by atoms with Gasteiger partial charge in [0.25, 0.3) is 5.91 Å². The second-order valence-corrected chi connectivity index (χ2v) is 8.93. The maximum Gasteiger partial charge on any atom is 0.255 e. The Morgan fingerprint density at radius 2 is 2.07 bits per heavy atom. The number of amides is 1. The van der Waals surface area contributed by atoms with E-state index in [1.54, 1.807) is 17.0 Å². The van der Waals surface area contributed by atoms with Crippen molar-refractivity contribution in [2.75, 3.05) is 5.32 Å². The predicted octanol–water partition coefficient (Wildman–Crippen LogP) is 5.05. The number of hydrogen-bond acceptors (Lipinski definition) is 4. The number of carbonyl (C=O) groups is 1. The molecule has 0 aliphatic heterocycles. The molecule has 3 aromatic rings. The van der Waals surface area contributed by atoms with Gasteiger partial charge in [-0.25, -0.2) is 9.36 Å². The first-order valence-electron chi connectivity index (χ1n) is 9.54. The summed E-state index contributed by atoms with van der Waals surface area (Å²) in [5.74, 6) is -0.267. The highest BCUT2D eigenvalue weighted by Crippen LogP contribution is 2.31. The molecule has 0 unspecified atom stereocenters. The van der Waals surface area contributed by atoms with Crippen LogP contribution in [0.5, 0.6) is 0 Å². The smallest absolute Gasteiger partial charge is 0.255 e. The molecule has 0 saturated carbocycles. The number of halogens is 1. The zero-order chi connectivity index (χ0) is 21.9. The minimum atomic E-state index is -0.267. The number of nitrogens with zero attached hydrogens (tertiary/aromatic N) is 5. The van der Waals surface area contributed by atoms with Crippen LogP contribution >= 0.6 is 15.9 Å². The third-order valence-corrected chi connectivity index (χ3v) is 5.15. The van der Waals surface area contributed by atoms with Gasteiger partial charge in [-0.2, -0.15) is 5.10 Å². The van der Waals surface area contributed by atoms with Gasteiger partial charge in [0.15, 0.2) is 0 Å². The minimum Gasteiger partial charge on any atom is -0.321 e. The summed E-state index contributed by atoms with van der Waals surface area (Å²) >= 11 is 3.56. The molecule has 0 atom stereocenters. The van der Waals surface area contributed by atoms with Gasteiger partial charge in [0.1, 0.15) is 5.52 Å². The van der Waals surface area contributed by atoms with Crippen LogP contribution in [-0.4, -0.2) is 30.7 Å². The monoisotopic (exact) mass is 468 g/mol. The van der Waals surface area contributed by atoms with Crippen LogP contribution in [0, 0.1) is 5.41 Å². The van der Waals surface area contributed by atoms with Gasteiger partial charge in [-0.1, -0.05) is 38.6 Å². The van der Waals surface area contributed by atoms with Crippen molar-refractivity contribution in [3.05, 3.63) is 65.4 Å². The lowest BCUT2D eigenvalue weighted by Crippen LogP contribution is -2.16. The van der Waals surface area contributed by atoms with Crippen LogP contribution in [0.25, 0.3) is 16.7 Å². The van der Waals surface area contributed by atoms with Crippen molar-refractivity contribution in [2.24, 2.45) is 5.41 Å². The van der Waals surface area contributed by atoms with Gasteiger partial charge in [-0.3, -0.25) is 4.79 Å². The number of hydrogen-bond donors (Lipinski definition) is 1. The van der Waals surface area contributed by atoms with Gasteiger partial charge in [0, 0.05) is 30.2 Å². The second kappa shape index (κ2) is 8.79. The van der Waals surface area contributed by atoms with Crippen molar-refractivity contribution in [2.45, 2.75) is 34.2 Å². The zero-order valence-electron chi connectivity index (χ0n) is 17.6.